The van der Waals surface area contributed by atoms with E-state index in [-0.39, 0.29) is 11.3 Å². The molecule has 8 heteroatoms. The number of rotatable bonds is 3. The molecule has 2 unspecified atom stereocenters. The highest BCUT2D eigenvalue weighted by molar-refractivity contribution is 6.25. The van der Waals surface area contributed by atoms with E-state index in [1.165, 1.54) is 24.3 Å². The first-order valence-corrected chi connectivity index (χ1v) is 10.4. The highest BCUT2D eigenvalue weighted by Gasteiger charge is 2.75. The second-order valence-electron chi connectivity index (χ2n) is 8.51. The van der Waals surface area contributed by atoms with E-state index < -0.39 is 46.0 Å². The summed E-state index contributed by atoms with van der Waals surface area (Å²) in [7, 11) is 0. The van der Waals surface area contributed by atoms with Crippen molar-refractivity contribution in [2.24, 2.45) is 11.8 Å². The molecule has 3 aromatic rings. The number of carboxylic acids is 1. The molecule has 7 rings (SSSR count). The van der Waals surface area contributed by atoms with Gasteiger partial charge < -0.3 is 5.11 Å². The molecule has 0 saturated carbocycles. The van der Waals surface area contributed by atoms with E-state index in [1.807, 2.05) is 0 Å². The fourth-order valence-electron chi connectivity index (χ4n) is 6.13. The topological polar surface area (TPSA) is 118 Å². The average Bonchev–Trinajstić information content (AvgIpc) is 3.09. The van der Waals surface area contributed by atoms with Crippen LogP contribution in [0.2, 0.25) is 0 Å². The molecule has 4 aliphatic rings. The molecule has 3 aromatic carbocycles. The number of para-hydroxylation sites is 1. The Balaban J connectivity index is 1.67. The lowest BCUT2D eigenvalue weighted by Crippen LogP contribution is -2.57. The molecule has 1 N–H and O–H groups in total. The number of nitrogens with zero attached hydrogens (tertiary/aromatic N) is 2. The van der Waals surface area contributed by atoms with Gasteiger partial charge >= 0.3 is 5.97 Å². The monoisotopic (exact) mass is 440 g/mol. The number of nitro groups is 1. The van der Waals surface area contributed by atoms with Gasteiger partial charge in [-0.2, -0.15) is 0 Å². The second kappa shape index (κ2) is 6.35. The van der Waals surface area contributed by atoms with Crippen LogP contribution in [0.5, 0.6) is 0 Å². The van der Waals surface area contributed by atoms with Gasteiger partial charge in [-0.15, -0.1) is 0 Å². The van der Waals surface area contributed by atoms with Crippen LogP contribution in [0.15, 0.2) is 72.8 Å². The van der Waals surface area contributed by atoms with Gasteiger partial charge in [-0.1, -0.05) is 60.7 Å². The first-order chi connectivity index (χ1) is 15.9. The number of imide groups is 1. The molecule has 0 aromatic heterocycles. The van der Waals surface area contributed by atoms with Crippen molar-refractivity contribution in [3.05, 3.63) is 111 Å². The lowest BCUT2D eigenvalue weighted by molar-refractivity contribution is -0.578. The molecule has 1 fully saturated rings. The van der Waals surface area contributed by atoms with Crippen molar-refractivity contribution < 1.29 is 24.4 Å². The number of aromatic carboxylic acids is 1. The van der Waals surface area contributed by atoms with E-state index in [4.69, 9.17) is 0 Å². The quantitative estimate of drug-likeness (QED) is 0.380. The third-order valence-corrected chi connectivity index (χ3v) is 7.24. The van der Waals surface area contributed by atoms with Gasteiger partial charge in [0.15, 0.2) is 0 Å². The summed E-state index contributed by atoms with van der Waals surface area (Å²) in [6, 6.07) is 19.5. The number of carbonyl (C=O) groups is 3. The van der Waals surface area contributed by atoms with Gasteiger partial charge in [-0.3, -0.25) is 19.7 Å². The Kier molecular flexibility index (Phi) is 3.73. The first kappa shape index (κ1) is 19.4. The summed E-state index contributed by atoms with van der Waals surface area (Å²) in [6.07, 6.45) is 0. The first-order valence-electron chi connectivity index (χ1n) is 10.4. The molecule has 0 spiro atoms. The highest BCUT2D eigenvalue weighted by atomic mass is 16.6. The molecule has 8 nitrogen and oxygen atoms in total. The Hall–Kier alpha value is -4.33. The van der Waals surface area contributed by atoms with Crippen molar-refractivity contribution in [1.29, 1.82) is 0 Å². The average molecular weight is 440 g/mol. The molecule has 2 atom stereocenters. The number of amides is 2. The van der Waals surface area contributed by atoms with E-state index in [0.717, 1.165) is 4.90 Å². The van der Waals surface area contributed by atoms with Crippen LogP contribution in [-0.4, -0.2) is 27.8 Å². The molecule has 33 heavy (non-hydrogen) atoms. The smallest absolute Gasteiger partial charge is 0.337 e. The number of anilines is 1. The molecule has 162 valence electrons. The van der Waals surface area contributed by atoms with E-state index in [1.54, 1.807) is 48.5 Å². The van der Waals surface area contributed by atoms with E-state index in [0.29, 0.717) is 22.3 Å². The van der Waals surface area contributed by atoms with Gasteiger partial charge in [-0.05, 0) is 23.3 Å². The zero-order valence-corrected chi connectivity index (χ0v) is 17.0. The third-order valence-electron chi connectivity index (χ3n) is 7.24. The van der Waals surface area contributed by atoms with Gasteiger partial charge in [-0.25, -0.2) is 9.69 Å². The normalized spacial score (nSPS) is 26.5. The number of carbonyl (C=O) groups excluding carboxylic acids is 2. The van der Waals surface area contributed by atoms with Crippen LogP contribution >= 0.6 is 0 Å². The zero-order valence-electron chi connectivity index (χ0n) is 17.0. The minimum Gasteiger partial charge on any atom is -0.478 e. The van der Waals surface area contributed by atoms with E-state index in [9.17, 15) is 29.6 Å². The minimum absolute atomic E-state index is 0.0691. The van der Waals surface area contributed by atoms with Crippen LogP contribution in [0.1, 0.15) is 38.5 Å². The van der Waals surface area contributed by atoms with Crippen molar-refractivity contribution >= 4 is 23.5 Å². The lowest BCUT2D eigenvalue weighted by Gasteiger charge is -2.48. The molecule has 1 saturated heterocycles. The van der Waals surface area contributed by atoms with Gasteiger partial charge in [0.1, 0.15) is 5.92 Å². The van der Waals surface area contributed by atoms with Crippen LogP contribution in [0, 0.1) is 22.0 Å². The number of carboxylic acid groups (broad SMARTS) is 1. The van der Waals surface area contributed by atoms with Crippen LogP contribution in [-0.2, 0) is 15.1 Å². The highest BCUT2D eigenvalue weighted by Crippen LogP contribution is 2.64. The Labute approximate surface area is 187 Å². The minimum atomic E-state index is -1.94. The van der Waals surface area contributed by atoms with Gasteiger partial charge in [0.2, 0.25) is 11.8 Å². The van der Waals surface area contributed by atoms with E-state index >= 15 is 0 Å². The van der Waals surface area contributed by atoms with Crippen LogP contribution < -0.4 is 4.90 Å². The van der Waals surface area contributed by atoms with Crippen LogP contribution in [0.3, 0.4) is 0 Å². The summed E-state index contributed by atoms with van der Waals surface area (Å²) in [5.74, 6) is -5.48. The summed E-state index contributed by atoms with van der Waals surface area (Å²) in [5.41, 5.74) is -0.0845. The summed E-state index contributed by atoms with van der Waals surface area (Å²) in [5, 5.41) is 22.5. The van der Waals surface area contributed by atoms with Gasteiger partial charge in [0.25, 0.3) is 5.54 Å². The maximum Gasteiger partial charge on any atom is 0.337 e. The predicted molar refractivity (Wildman–Crippen MR) is 115 cm³/mol. The largest absolute Gasteiger partial charge is 0.478 e. The van der Waals surface area contributed by atoms with Crippen LogP contribution in [0.4, 0.5) is 5.69 Å². The molecule has 2 bridgehead atoms. The summed E-state index contributed by atoms with van der Waals surface area (Å²) >= 11 is 0. The van der Waals surface area contributed by atoms with Crippen molar-refractivity contribution in [3.8, 4) is 0 Å². The molecule has 1 aliphatic heterocycles. The van der Waals surface area contributed by atoms with Crippen molar-refractivity contribution in [2.45, 2.75) is 11.5 Å². The summed E-state index contributed by atoms with van der Waals surface area (Å²) in [4.78, 5) is 52.8. The third kappa shape index (κ3) is 2.12. The molecule has 2 amide bonds. The Morgan fingerprint density at radius 2 is 1.42 bits per heavy atom. The fourth-order valence-corrected chi connectivity index (χ4v) is 6.13. The molecule has 1 heterocycles. The summed E-state index contributed by atoms with van der Waals surface area (Å²) < 4.78 is 0. The number of benzene rings is 3. The maximum atomic E-state index is 13.9. The number of hydrogen-bond donors (Lipinski definition) is 1. The fraction of sp³-hybridized carbons (Fsp3) is 0.160. The zero-order chi connectivity index (χ0) is 23.1. The number of hydrogen-bond acceptors (Lipinski definition) is 5. The maximum absolute atomic E-state index is 13.9. The van der Waals surface area contributed by atoms with Crippen molar-refractivity contribution in [2.75, 3.05) is 4.90 Å². The van der Waals surface area contributed by atoms with Gasteiger partial charge in [0, 0.05) is 22.0 Å². The summed E-state index contributed by atoms with van der Waals surface area (Å²) in [6.45, 7) is 0. The van der Waals surface area contributed by atoms with Crippen molar-refractivity contribution in [3.63, 3.8) is 0 Å². The SMILES string of the molecule is O=C(O)c1ccccc1N1C(=O)C2C3c4ccccc4C([N+](=O)[O-])(c4ccccc43)C2C1=O. The molecule has 0 radical (unpaired) electrons. The second-order valence-corrected chi connectivity index (χ2v) is 8.51. The van der Waals surface area contributed by atoms with Crippen LogP contribution in [0.25, 0.3) is 0 Å². The Bertz CT molecular complexity index is 1370. The van der Waals surface area contributed by atoms with Crippen molar-refractivity contribution in [1.82, 2.24) is 0 Å². The molecule has 3 aliphatic carbocycles. The van der Waals surface area contributed by atoms with Gasteiger partial charge in [0.05, 0.1) is 17.2 Å². The predicted octanol–water partition coefficient (Wildman–Crippen LogP) is 3.17. The Morgan fingerprint density at radius 1 is 0.879 bits per heavy atom. The van der Waals surface area contributed by atoms with E-state index in [2.05, 4.69) is 0 Å². The molecular weight excluding hydrogens is 424 g/mol. The lowest BCUT2D eigenvalue weighted by atomic mass is 9.51. The molecular formula is C25H16N2O6. The standard InChI is InChI=1S/C25H16N2O6/c28-22-20-19-13-7-1-4-10-16(13)25(27(32)33,17-11-5-2-8-14(17)19)21(20)23(29)26(22)18-12-6-3-9-15(18)24(30)31/h1-12,19-21H,(H,30,31). The Morgan fingerprint density at radius 3 is 2.00 bits per heavy atom.